The first-order chi connectivity index (χ1) is 11.5. The molecule has 0 spiro atoms. The van der Waals surface area contributed by atoms with Gasteiger partial charge in [-0.2, -0.15) is 0 Å². The number of carbonyl (C=O) groups is 2. The monoisotopic (exact) mass is 343 g/mol. The van der Waals surface area contributed by atoms with Crippen LogP contribution in [0.5, 0.6) is 0 Å². The van der Waals surface area contributed by atoms with Crippen LogP contribution < -0.4 is 5.32 Å². The summed E-state index contributed by atoms with van der Waals surface area (Å²) in [5.41, 5.74) is 2.82. The Morgan fingerprint density at radius 2 is 1.83 bits per heavy atom. The molecule has 0 saturated carbocycles. The van der Waals surface area contributed by atoms with Crippen molar-refractivity contribution < 1.29 is 9.59 Å². The largest absolute Gasteiger partial charge is 0.336 e. The van der Waals surface area contributed by atoms with Gasteiger partial charge in [-0.15, -0.1) is 0 Å². The first kappa shape index (κ1) is 18.0. The van der Waals surface area contributed by atoms with Crippen LogP contribution in [0.25, 0.3) is 0 Å². The lowest BCUT2D eigenvalue weighted by molar-refractivity contribution is -0.131. The third-order valence-corrected chi connectivity index (χ3v) is 4.46. The van der Waals surface area contributed by atoms with Crippen molar-refractivity contribution in [3.05, 3.63) is 53.7 Å². The van der Waals surface area contributed by atoms with Crippen LogP contribution >= 0.6 is 11.8 Å². The number of aromatic nitrogens is 1. The highest BCUT2D eigenvalue weighted by Gasteiger charge is 2.14. The second kappa shape index (κ2) is 8.49. The zero-order chi connectivity index (χ0) is 17.5. The normalized spacial score (nSPS) is 10.3. The molecule has 24 heavy (non-hydrogen) atoms. The van der Waals surface area contributed by atoms with Gasteiger partial charge in [0.15, 0.2) is 0 Å². The fourth-order valence-electron chi connectivity index (χ4n) is 2.17. The molecular formula is C18H21N3O2S. The summed E-state index contributed by atoms with van der Waals surface area (Å²) in [5.74, 6) is -0.0575. The molecule has 1 aromatic heterocycles. The molecule has 0 aliphatic carbocycles. The van der Waals surface area contributed by atoms with Crippen molar-refractivity contribution in [1.82, 2.24) is 9.88 Å². The van der Waals surface area contributed by atoms with Crippen LogP contribution in [0, 0.1) is 13.8 Å². The van der Waals surface area contributed by atoms with E-state index >= 15 is 0 Å². The molecule has 2 rings (SSSR count). The smallest absolute Gasteiger partial charge is 0.243 e. The van der Waals surface area contributed by atoms with Crippen LogP contribution in [0.4, 0.5) is 5.69 Å². The van der Waals surface area contributed by atoms with Gasteiger partial charge >= 0.3 is 0 Å². The van der Waals surface area contributed by atoms with Gasteiger partial charge in [0.05, 0.1) is 17.3 Å². The Morgan fingerprint density at radius 1 is 1.12 bits per heavy atom. The Balaban J connectivity index is 1.85. The number of hydrogen-bond donors (Lipinski definition) is 1. The third-order valence-electron chi connectivity index (χ3n) is 3.53. The minimum absolute atomic E-state index is 0.0232. The number of anilines is 1. The topological polar surface area (TPSA) is 62.3 Å². The van der Waals surface area contributed by atoms with Crippen LogP contribution in [-0.4, -0.2) is 41.0 Å². The van der Waals surface area contributed by atoms with Gasteiger partial charge in [0.2, 0.25) is 11.8 Å². The Morgan fingerprint density at radius 3 is 2.46 bits per heavy atom. The highest BCUT2D eigenvalue weighted by Crippen LogP contribution is 2.19. The highest BCUT2D eigenvalue weighted by atomic mass is 32.2. The lowest BCUT2D eigenvalue weighted by atomic mass is 10.1. The van der Waals surface area contributed by atoms with E-state index in [2.05, 4.69) is 10.3 Å². The van der Waals surface area contributed by atoms with Crippen molar-refractivity contribution in [2.45, 2.75) is 18.9 Å². The fourth-order valence-corrected chi connectivity index (χ4v) is 2.97. The summed E-state index contributed by atoms with van der Waals surface area (Å²) in [4.78, 5) is 29.9. The van der Waals surface area contributed by atoms with E-state index in [-0.39, 0.29) is 24.1 Å². The number of pyridine rings is 1. The second-order valence-corrected chi connectivity index (χ2v) is 6.52. The van der Waals surface area contributed by atoms with Gasteiger partial charge < -0.3 is 10.2 Å². The molecule has 126 valence electrons. The highest BCUT2D eigenvalue weighted by molar-refractivity contribution is 7.99. The summed E-state index contributed by atoms with van der Waals surface area (Å²) >= 11 is 1.36. The Bertz CT molecular complexity index is 699. The van der Waals surface area contributed by atoms with Gasteiger partial charge in [-0.1, -0.05) is 36.0 Å². The number of rotatable bonds is 6. The van der Waals surface area contributed by atoms with E-state index in [0.29, 0.717) is 0 Å². The van der Waals surface area contributed by atoms with Crippen molar-refractivity contribution in [2.24, 2.45) is 0 Å². The molecule has 0 atom stereocenters. The first-order valence-corrected chi connectivity index (χ1v) is 8.60. The van der Waals surface area contributed by atoms with E-state index in [0.717, 1.165) is 21.8 Å². The molecule has 1 heterocycles. The summed E-state index contributed by atoms with van der Waals surface area (Å²) in [6, 6.07) is 11.4. The number of aryl methyl sites for hydroxylation is 2. The predicted molar refractivity (Wildman–Crippen MR) is 97.1 cm³/mol. The number of para-hydroxylation sites is 1. The zero-order valence-corrected chi connectivity index (χ0v) is 14.9. The van der Waals surface area contributed by atoms with E-state index in [1.54, 1.807) is 13.2 Å². The van der Waals surface area contributed by atoms with Crippen molar-refractivity contribution in [2.75, 3.05) is 24.7 Å². The summed E-state index contributed by atoms with van der Waals surface area (Å²) < 4.78 is 0. The zero-order valence-electron chi connectivity index (χ0n) is 14.1. The van der Waals surface area contributed by atoms with Gasteiger partial charge in [-0.3, -0.25) is 9.59 Å². The standard InChI is InChI=1S/C18H21N3O2S/c1-13-7-6-8-14(2)18(13)20-15(22)11-21(3)17(23)12-24-16-9-4-5-10-19-16/h4-10H,11-12H2,1-3H3,(H,20,22). The average molecular weight is 343 g/mol. The van der Waals surface area contributed by atoms with E-state index in [1.807, 2.05) is 50.2 Å². The predicted octanol–water partition coefficient (Wildman–Crippen LogP) is 2.89. The minimum atomic E-state index is -0.203. The van der Waals surface area contributed by atoms with E-state index in [4.69, 9.17) is 0 Å². The van der Waals surface area contributed by atoms with Gasteiger partial charge in [-0.25, -0.2) is 4.98 Å². The third kappa shape index (κ3) is 5.09. The van der Waals surface area contributed by atoms with E-state index < -0.39 is 0 Å². The van der Waals surface area contributed by atoms with Crippen molar-refractivity contribution in [3.63, 3.8) is 0 Å². The summed E-state index contributed by atoms with van der Waals surface area (Å²) in [6.45, 7) is 3.91. The van der Waals surface area contributed by atoms with Crippen LogP contribution in [0.1, 0.15) is 11.1 Å². The van der Waals surface area contributed by atoms with Gasteiger partial charge in [0, 0.05) is 18.9 Å². The molecule has 0 fully saturated rings. The maximum Gasteiger partial charge on any atom is 0.243 e. The number of likely N-dealkylation sites (N-methyl/N-ethyl adjacent to an activating group) is 1. The molecule has 0 unspecified atom stereocenters. The Kier molecular flexibility index (Phi) is 6.37. The van der Waals surface area contributed by atoms with Crippen LogP contribution in [0.2, 0.25) is 0 Å². The molecule has 0 radical (unpaired) electrons. The second-order valence-electron chi connectivity index (χ2n) is 5.52. The number of hydrogen-bond acceptors (Lipinski definition) is 4. The Hall–Kier alpha value is -2.34. The number of carbonyl (C=O) groups excluding carboxylic acids is 2. The lowest BCUT2D eigenvalue weighted by Crippen LogP contribution is -2.36. The molecule has 2 aromatic rings. The van der Waals surface area contributed by atoms with Crippen molar-refractivity contribution in [3.8, 4) is 0 Å². The van der Waals surface area contributed by atoms with Crippen molar-refractivity contribution >= 4 is 29.3 Å². The Labute approximate surface area is 146 Å². The molecule has 0 bridgehead atoms. The summed E-state index contributed by atoms with van der Waals surface area (Å²) in [5, 5.41) is 3.68. The molecule has 6 heteroatoms. The fraction of sp³-hybridized carbons (Fsp3) is 0.278. The number of benzene rings is 1. The average Bonchev–Trinajstić information content (AvgIpc) is 2.57. The van der Waals surface area contributed by atoms with Gasteiger partial charge in [-0.05, 0) is 37.1 Å². The van der Waals surface area contributed by atoms with Crippen molar-refractivity contribution in [1.29, 1.82) is 0 Å². The first-order valence-electron chi connectivity index (χ1n) is 7.61. The molecule has 0 aliphatic rings. The van der Waals surface area contributed by atoms with Crippen LogP contribution in [0.3, 0.4) is 0 Å². The number of nitrogens with one attached hydrogen (secondary N) is 1. The molecular weight excluding hydrogens is 322 g/mol. The summed E-state index contributed by atoms with van der Waals surface area (Å²) in [6.07, 6.45) is 1.69. The molecule has 1 aromatic carbocycles. The number of thioether (sulfide) groups is 1. The number of nitrogens with zero attached hydrogens (tertiary/aromatic N) is 2. The van der Waals surface area contributed by atoms with Crippen LogP contribution in [-0.2, 0) is 9.59 Å². The molecule has 0 aliphatic heterocycles. The SMILES string of the molecule is Cc1cccc(C)c1NC(=O)CN(C)C(=O)CSc1ccccn1. The quantitative estimate of drug-likeness (QED) is 0.819. The lowest BCUT2D eigenvalue weighted by Gasteiger charge is -2.18. The minimum Gasteiger partial charge on any atom is -0.336 e. The van der Waals surface area contributed by atoms with Gasteiger partial charge in [0.1, 0.15) is 0 Å². The van der Waals surface area contributed by atoms with E-state index in [9.17, 15) is 9.59 Å². The van der Waals surface area contributed by atoms with E-state index in [1.165, 1.54) is 16.7 Å². The molecule has 2 amide bonds. The maximum atomic E-state index is 12.2. The van der Waals surface area contributed by atoms with Crippen LogP contribution in [0.15, 0.2) is 47.6 Å². The summed E-state index contributed by atoms with van der Waals surface area (Å²) in [7, 11) is 1.63. The maximum absolute atomic E-state index is 12.2. The molecule has 1 N–H and O–H groups in total. The molecule has 0 saturated heterocycles. The number of amides is 2. The van der Waals surface area contributed by atoms with Gasteiger partial charge in [0.25, 0.3) is 0 Å². The molecule has 5 nitrogen and oxygen atoms in total.